The molecule has 0 bridgehead atoms. The first-order chi connectivity index (χ1) is 19.9. The van der Waals surface area contributed by atoms with E-state index >= 15 is 8.78 Å². The molecule has 0 aliphatic heterocycles. The fourth-order valence-corrected chi connectivity index (χ4v) is 8.46. The highest BCUT2D eigenvalue weighted by Gasteiger charge is 2.48. The molecule has 0 aromatic rings. The molecule has 4 aliphatic rings. The molecule has 0 heterocycles. The van der Waals surface area contributed by atoms with Gasteiger partial charge in [-0.2, -0.15) is 0 Å². The van der Waals surface area contributed by atoms with E-state index in [0.29, 0.717) is 25.7 Å². The standard InChI is InChI=1S/C37H58F2O4/c1-32(2)15-21-36(38,22-16-32)30(42)25-28(40)27-9-13-33(3,14-10-27)17-18-34(4)19-23-37(39,24-20-34)31(43)26-29(41)35(5)11-7-6-8-12-35/h27H,6-26H2,1-5H3. The molecule has 0 amide bonds. The largest absolute Gasteiger partial charge is 0.299 e. The summed E-state index contributed by atoms with van der Waals surface area (Å²) in [5, 5.41) is 0. The van der Waals surface area contributed by atoms with Crippen molar-refractivity contribution in [3.8, 4) is 0 Å². The van der Waals surface area contributed by atoms with Gasteiger partial charge in [0.25, 0.3) is 0 Å². The van der Waals surface area contributed by atoms with Gasteiger partial charge in [0.1, 0.15) is 11.6 Å². The zero-order valence-electron chi connectivity index (χ0n) is 27.8. The van der Waals surface area contributed by atoms with Gasteiger partial charge in [-0.3, -0.25) is 19.2 Å². The number of hydrogen-bond acceptors (Lipinski definition) is 4. The fourth-order valence-electron chi connectivity index (χ4n) is 8.46. The van der Waals surface area contributed by atoms with Crippen molar-refractivity contribution in [1.82, 2.24) is 0 Å². The van der Waals surface area contributed by atoms with E-state index in [1.807, 2.05) is 6.92 Å². The third kappa shape index (κ3) is 8.23. The number of Topliss-reactive ketones (excluding diaryl/α,β-unsaturated/α-hetero) is 4. The van der Waals surface area contributed by atoms with Gasteiger partial charge >= 0.3 is 0 Å². The van der Waals surface area contributed by atoms with Gasteiger partial charge in [-0.15, -0.1) is 0 Å². The Morgan fingerprint density at radius 1 is 0.535 bits per heavy atom. The molecule has 0 saturated heterocycles. The number of carbonyl (C=O) groups is 4. The molecule has 0 radical (unpaired) electrons. The molecule has 0 unspecified atom stereocenters. The Balaban J connectivity index is 1.20. The van der Waals surface area contributed by atoms with Crippen molar-refractivity contribution in [2.75, 3.05) is 0 Å². The van der Waals surface area contributed by atoms with Gasteiger partial charge in [0.05, 0.1) is 12.8 Å². The van der Waals surface area contributed by atoms with E-state index in [2.05, 4.69) is 27.7 Å². The van der Waals surface area contributed by atoms with Crippen LogP contribution >= 0.6 is 0 Å². The molecular weight excluding hydrogens is 546 g/mol. The molecule has 0 N–H and O–H groups in total. The SMILES string of the molecule is CC1(C)CCC(F)(C(=O)CC(=O)C2CCC(C)(CCC3(C)CCC(F)(C(=O)CC(=O)C4(C)CCCCC4)CC3)CC2)CC1. The predicted octanol–water partition coefficient (Wildman–Crippen LogP) is 9.59. The van der Waals surface area contributed by atoms with E-state index in [1.54, 1.807) is 0 Å². The van der Waals surface area contributed by atoms with Crippen LogP contribution in [0.15, 0.2) is 0 Å². The van der Waals surface area contributed by atoms with Crippen LogP contribution in [-0.4, -0.2) is 34.5 Å². The van der Waals surface area contributed by atoms with E-state index < -0.39 is 28.3 Å². The molecule has 4 saturated carbocycles. The van der Waals surface area contributed by atoms with Gasteiger partial charge < -0.3 is 0 Å². The molecule has 0 spiro atoms. The van der Waals surface area contributed by atoms with Crippen molar-refractivity contribution >= 4 is 23.1 Å². The molecule has 4 nitrogen and oxygen atoms in total. The summed E-state index contributed by atoms with van der Waals surface area (Å²) < 4.78 is 31.2. The zero-order chi connectivity index (χ0) is 31.7. The summed E-state index contributed by atoms with van der Waals surface area (Å²) in [4.78, 5) is 51.7. The first-order valence-electron chi connectivity index (χ1n) is 17.4. The third-order valence-electron chi connectivity index (χ3n) is 12.9. The van der Waals surface area contributed by atoms with Crippen molar-refractivity contribution in [2.24, 2.45) is 27.6 Å². The van der Waals surface area contributed by atoms with E-state index in [-0.39, 0.29) is 72.3 Å². The Morgan fingerprint density at radius 3 is 1.49 bits per heavy atom. The van der Waals surface area contributed by atoms with Crippen LogP contribution in [-0.2, 0) is 19.2 Å². The maximum absolute atomic E-state index is 15.8. The van der Waals surface area contributed by atoms with E-state index in [9.17, 15) is 19.2 Å². The number of hydrogen-bond donors (Lipinski definition) is 0. The van der Waals surface area contributed by atoms with Gasteiger partial charge in [0, 0.05) is 11.3 Å². The summed E-state index contributed by atoms with van der Waals surface area (Å²) in [6.07, 6.45) is 12.9. The van der Waals surface area contributed by atoms with E-state index in [1.165, 1.54) is 0 Å². The Morgan fingerprint density at radius 2 is 0.977 bits per heavy atom. The molecule has 0 aromatic carbocycles. The summed E-state index contributed by atoms with van der Waals surface area (Å²) in [5.41, 5.74) is -4.09. The monoisotopic (exact) mass is 604 g/mol. The van der Waals surface area contributed by atoms with Crippen molar-refractivity contribution in [3.05, 3.63) is 0 Å². The van der Waals surface area contributed by atoms with Crippen molar-refractivity contribution in [2.45, 2.75) is 181 Å². The number of rotatable bonds is 11. The zero-order valence-corrected chi connectivity index (χ0v) is 27.8. The van der Waals surface area contributed by atoms with Crippen LogP contribution in [0.25, 0.3) is 0 Å². The number of alkyl halides is 2. The second kappa shape index (κ2) is 12.7. The lowest BCUT2D eigenvalue weighted by Gasteiger charge is -2.44. The van der Waals surface area contributed by atoms with Crippen LogP contribution in [0.2, 0.25) is 0 Å². The minimum absolute atomic E-state index is 0.0403. The predicted molar refractivity (Wildman–Crippen MR) is 166 cm³/mol. The van der Waals surface area contributed by atoms with Crippen LogP contribution in [0, 0.1) is 27.6 Å². The lowest BCUT2D eigenvalue weighted by Crippen LogP contribution is -2.44. The Bertz CT molecular complexity index is 1040. The number of halogens is 2. The molecule has 4 aliphatic carbocycles. The first kappa shape index (κ1) is 34.4. The summed E-state index contributed by atoms with van der Waals surface area (Å²) in [6, 6.07) is 0. The number of ketones is 4. The molecular formula is C37H58F2O4. The quantitative estimate of drug-likeness (QED) is 0.220. The summed E-state index contributed by atoms with van der Waals surface area (Å²) in [6.45, 7) is 10.6. The molecule has 4 fully saturated rings. The molecule has 0 aromatic heterocycles. The summed E-state index contributed by atoms with van der Waals surface area (Å²) >= 11 is 0. The average molecular weight is 605 g/mol. The highest BCUT2D eigenvalue weighted by Crippen LogP contribution is 2.51. The lowest BCUT2D eigenvalue weighted by molar-refractivity contribution is -0.142. The Labute approximate surface area is 259 Å². The Kier molecular flexibility index (Phi) is 10.2. The van der Waals surface area contributed by atoms with E-state index in [0.717, 1.165) is 70.6 Å². The molecule has 4 rings (SSSR count). The van der Waals surface area contributed by atoms with Crippen LogP contribution in [0.5, 0.6) is 0 Å². The molecule has 6 heteroatoms. The van der Waals surface area contributed by atoms with E-state index in [4.69, 9.17) is 0 Å². The molecule has 43 heavy (non-hydrogen) atoms. The van der Waals surface area contributed by atoms with Crippen LogP contribution < -0.4 is 0 Å². The second-order valence-electron chi connectivity index (χ2n) is 17.2. The van der Waals surface area contributed by atoms with Gasteiger partial charge in [-0.1, -0.05) is 53.9 Å². The van der Waals surface area contributed by atoms with Crippen molar-refractivity contribution in [1.29, 1.82) is 0 Å². The second-order valence-corrected chi connectivity index (χ2v) is 17.2. The van der Waals surface area contributed by atoms with Crippen molar-refractivity contribution < 1.29 is 28.0 Å². The first-order valence-corrected chi connectivity index (χ1v) is 17.4. The normalized spacial score (nSPS) is 35.6. The minimum Gasteiger partial charge on any atom is -0.299 e. The average Bonchev–Trinajstić information content (AvgIpc) is 2.96. The topological polar surface area (TPSA) is 68.3 Å². The van der Waals surface area contributed by atoms with Crippen LogP contribution in [0.4, 0.5) is 8.78 Å². The lowest BCUT2D eigenvalue weighted by atomic mass is 9.62. The van der Waals surface area contributed by atoms with Gasteiger partial charge in [0.2, 0.25) is 0 Å². The van der Waals surface area contributed by atoms with Gasteiger partial charge in [-0.25, -0.2) is 8.78 Å². The maximum Gasteiger partial charge on any atom is 0.177 e. The minimum atomic E-state index is -1.88. The van der Waals surface area contributed by atoms with Crippen molar-refractivity contribution in [3.63, 3.8) is 0 Å². The molecule has 244 valence electrons. The fraction of sp³-hybridized carbons (Fsp3) is 0.892. The smallest absolute Gasteiger partial charge is 0.177 e. The number of carbonyl (C=O) groups excluding carboxylic acids is 4. The highest BCUT2D eigenvalue weighted by atomic mass is 19.1. The van der Waals surface area contributed by atoms with Gasteiger partial charge in [0.15, 0.2) is 22.9 Å². The third-order valence-corrected chi connectivity index (χ3v) is 12.9. The molecule has 0 atom stereocenters. The van der Waals surface area contributed by atoms with Crippen LogP contribution in [0.3, 0.4) is 0 Å². The highest BCUT2D eigenvalue weighted by molar-refractivity contribution is 6.05. The summed E-state index contributed by atoms with van der Waals surface area (Å²) in [5.74, 6) is -1.35. The summed E-state index contributed by atoms with van der Waals surface area (Å²) in [7, 11) is 0. The van der Waals surface area contributed by atoms with Gasteiger partial charge in [-0.05, 0) is 119 Å². The Hall–Kier alpha value is -1.46. The maximum atomic E-state index is 15.8. The van der Waals surface area contributed by atoms with Crippen LogP contribution in [0.1, 0.15) is 169 Å².